The second kappa shape index (κ2) is 6.40. The van der Waals surface area contributed by atoms with Crippen molar-refractivity contribution in [2.24, 2.45) is 0 Å². The van der Waals surface area contributed by atoms with Crippen LogP contribution in [0.1, 0.15) is 11.3 Å². The first-order valence-electron chi connectivity index (χ1n) is 5.88. The minimum atomic E-state index is -1.05. The van der Waals surface area contributed by atoms with Gasteiger partial charge in [-0.25, -0.2) is 4.79 Å². The van der Waals surface area contributed by atoms with Crippen LogP contribution in [-0.4, -0.2) is 51.4 Å². The first-order valence-corrected chi connectivity index (χ1v) is 7.92. The second-order valence-electron chi connectivity index (χ2n) is 4.36. The molecule has 2 atom stereocenters. The summed E-state index contributed by atoms with van der Waals surface area (Å²) in [6, 6.07) is 3.08. The number of aliphatic hydroxyl groups excluding tert-OH is 1. The van der Waals surface area contributed by atoms with Crippen molar-refractivity contribution in [2.45, 2.75) is 24.3 Å². The number of rotatable bonds is 5. The Hall–Kier alpha value is -1.05. The number of hydrogen-bond acceptors (Lipinski definition) is 5. The SMILES string of the molecule is O=C(O)[C@H]1C[C@@H](O)CN1C(=O)CSCc1cccs1. The molecule has 0 aliphatic carbocycles. The highest BCUT2D eigenvalue weighted by Gasteiger charge is 2.38. The molecule has 2 heterocycles. The molecule has 104 valence electrons. The van der Waals surface area contributed by atoms with E-state index in [4.69, 9.17) is 5.11 Å². The van der Waals surface area contributed by atoms with Crippen molar-refractivity contribution >= 4 is 35.0 Å². The monoisotopic (exact) mass is 301 g/mol. The highest BCUT2D eigenvalue weighted by molar-refractivity contribution is 7.99. The van der Waals surface area contributed by atoms with Crippen molar-refractivity contribution < 1.29 is 19.8 Å². The smallest absolute Gasteiger partial charge is 0.326 e. The maximum atomic E-state index is 12.0. The van der Waals surface area contributed by atoms with Gasteiger partial charge in [0.2, 0.25) is 5.91 Å². The summed E-state index contributed by atoms with van der Waals surface area (Å²) in [5, 5.41) is 20.5. The molecule has 19 heavy (non-hydrogen) atoms. The average Bonchev–Trinajstić information content (AvgIpc) is 2.98. The summed E-state index contributed by atoms with van der Waals surface area (Å²) in [5.41, 5.74) is 0. The molecule has 0 bridgehead atoms. The van der Waals surface area contributed by atoms with E-state index >= 15 is 0 Å². The largest absolute Gasteiger partial charge is 0.480 e. The van der Waals surface area contributed by atoms with Crippen LogP contribution in [0.15, 0.2) is 17.5 Å². The summed E-state index contributed by atoms with van der Waals surface area (Å²) in [6.45, 7) is 0.120. The summed E-state index contributed by atoms with van der Waals surface area (Å²) in [7, 11) is 0. The number of thiophene rings is 1. The number of carbonyl (C=O) groups excluding carboxylic acids is 1. The molecule has 2 rings (SSSR count). The van der Waals surface area contributed by atoms with Crippen LogP contribution in [0.5, 0.6) is 0 Å². The Labute approximate surface area is 119 Å². The number of likely N-dealkylation sites (tertiary alicyclic amines) is 1. The number of aliphatic hydroxyl groups is 1. The molecule has 0 unspecified atom stereocenters. The zero-order chi connectivity index (χ0) is 13.8. The molecule has 5 nitrogen and oxygen atoms in total. The molecule has 1 saturated heterocycles. The predicted octanol–water partition coefficient (Wildman–Crippen LogP) is 1.03. The van der Waals surface area contributed by atoms with Gasteiger partial charge in [0, 0.05) is 23.6 Å². The van der Waals surface area contributed by atoms with Gasteiger partial charge in [0.15, 0.2) is 0 Å². The standard InChI is InChI=1S/C12H15NO4S2/c14-8-4-10(12(16)17)13(5-8)11(15)7-18-6-9-2-1-3-19-9/h1-3,8,10,14H,4-7H2,(H,16,17)/t8-,10-/m1/s1. The molecule has 1 aliphatic rings. The predicted molar refractivity (Wildman–Crippen MR) is 74.2 cm³/mol. The maximum absolute atomic E-state index is 12.0. The normalized spacial score (nSPS) is 22.7. The summed E-state index contributed by atoms with van der Waals surface area (Å²) < 4.78 is 0. The van der Waals surface area contributed by atoms with E-state index in [0.29, 0.717) is 0 Å². The number of hydrogen-bond donors (Lipinski definition) is 2. The van der Waals surface area contributed by atoms with Gasteiger partial charge in [-0.1, -0.05) is 6.07 Å². The third kappa shape index (κ3) is 3.71. The first-order chi connectivity index (χ1) is 9.08. The molecule has 1 aliphatic heterocycles. The van der Waals surface area contributed by atoms with Crippen LogP contribution in [0.25, 0.3) is 0 Å². The Morgan fingerprint density at radius 3 is 2.95 bits per heavy atom. The number of amides is 1. The topological polar surface area (TPSA) is 77.8 Å². The van der Waals surface area contributed by atoms with E-state index in [1.165, 1.54) is 21.5 Å². The number of β-amino-alcohol motifs (C(OH)–C–C–N with tert-alkyl or cyclic N) is 1. The van der Waals surface area contributed by atoms with Crippen molar-refractivity contribution in [1.82, 2.24) is 4.90 Å². The molecule has 7 heteroatoms. The number of carboxylic acids is 1. The van der Waals surface area contributed by atoms with Gasteiger partial charge in [-0.2, -0.15) is 0 Å². The molecular weight excluding hydrogens is 286 g/mol. The summed E-state index contributed by atoms with van der Waals surface area (Å²) in [4.78, 5) is 25.4. The van der Waals surface area contributed by atoms with Crippen LogP contribution in [0.2, 0.25) is 0 Å². The highest BCUT2D eigenvalue weighted by atomic mass is 32.2. The molecule has 1 fully saturated rings. The molecule has 0 radical (unpaired) electrons. The third-order valence-electron chi connectivity index (χ3n) is 2.93. The minimum Gasteiger partial charge on any atom is -0.480 e. The fourth-order valence-electron chi connectivity index (χ4n) is 2.04. The zero-order valence-corrected chi connectivity index (χ0v) is 11.8. The molecule has 1 aromatic rings. The van der Waals surface area contributed by atoms with E-state index in [-0.39, 0.29) is 24.6 Å². The van der Waals surface area contributed by atoms with E-state index in [9.17, 15) is 14.7 Å². The van der Waals surface area contributed by atoms with Crippen LogP contribution in [0.4, 0.5) is 0 Å². The Balaban J connectivity index is 1.83. The van der Waals surface area contributed by atoms with Gasteiger partial charge < -0.3 is 15.1 Å². The Kier molecular flexibility index (Phi) is 4.84. The number of nitrogens with zero attached hydrogens (tertiary/aromatic N) is 1. The van der Waals surface area contributed by atoms with Crippen LogP contribution in [0.3, 0.4) is 0 Å². The van der Waals surface area contributed by atoms with Crippen molar-refractivity contribution in [3.63, 3.8) is 0 Å². The lowest BCUT2D eigenvalue weighted by molar-refractivity contribution is -0.147. The van der Waals surface area contributed by atoms with Crippen LogP contribution in [-0.2, 0) is 15.3 Å². The number of carbonyl (C=O) groups is 2. The lowest BCUT2D eigenvalue weighted by atomic mass is 10.2. The average molecular weight is 301 g/mol. The number of carboxylic acid groups (broad SMARTS) is 1. The van der Waals surface area contributed by atoms with E-state index in [2.05, 4.69) is 0 Å². The molecule has 1 amide bonds. The van der Waals surface area contributed by atoms with E-state index < -0.39 is 18.1 Å². The zero-order valence-electron chi connectivity index (χ0n) is 10.2. The van der Waals surface area contributed by atoms with Gasteiger partial charge >= 0.3 is 5.97 Å². The van der Waals surface area contributed by atoms with E-state index in [1.807, 2.05) is 17.5 Å². The van der Waals surface area contributed by atoms with Crippen molar-refractivity contribution in [3.05, 3.63) is 22.4 Å². The molecule has 0 saturated carbocycles. The lowest BCUT2D eigenvalue weighted by Crippen LogP contribution is -2.41. The quantitative estimate of drug-likeness (QED) is 0.849. The van der Waals surface area contributed by atoms with Crippen LogP contribution >= 0.6 is 23.1 Å². The summed E-state index contributed by atoms with van der Waals surface area (Å²) in [5.74, 6) is -0.273. The number of thioether (sulfide) groups is 1. The van der Waals surface area contributed by atoms with Gasteiger partial charge in [-0.05, 0) is 11.4 Å². The maximum Gasteiger partial charge on any atom is 0.326 e. The molecular formula is C12H15NO4S2. The first kappa shape index (κ1) is 14.4. The molecule has 0 spiro atoms. The summed E-state index contributed by atoms with van der Waals surface area (Å²) in [6.07, 6.45) is -0.608. The van der Waals surface area contributed by atoms with Crippen molar-refractivity contribution in [3.8, 4) is 0 Å². The highest BCUT2D eigenvalue weighted by Crippen LogP contribution is 2.21. The number of aliphatic carboxylic acids is 1. The second-order valence-corrected chi connectivity index (χ2v) is 6.38. The van der Waals surface area contributed by atoms with Crippen LogP contribution in [0, 0.1) is 0 Å². The molecule has 1 aromatic heterocycles. The Bertz CT molecular complexity index is 449. The Morgan fingerprint density at radius 2 is 2.32 bits per heavy atom. The third-order valence-corrected chi connectivity index (χ3v) is 4.96. The summed E-state index contributed by atoms with van der Waals surface area (Å²) >= 11 is 3.10. The van der Waals surface area contributed by atoms with E-state index in [1.54, 1.807) is 11.3 Å². The van der Waals surface area contributed by atoms with Crippen LogP contribution < -0.4 is 0 Å². The minimum absolute atomic E-state index is 0.120. The Morgan fingerprint density at radius 1 is 1.53 bits per heavy atom. The van der Waals surface area contributed by atoms with Crippen molar-refractivity contribution in [2.75, 3.05) is 12.3 Å². The van der Waals surface area contributed by atoms with Gasteiger partial charge in [-0.3, -0.25) is 4.79 Å². The fourth-order valence-corrected chi connectivity index (χ4v) is 3.79. The fraction of sp³-hybridized carbons (Fsp3) is 0.500. The van der Waals surface area contributed by atoms with Crippen molar-refractivity contribution in [1.29, 1.82) is 0 Å². The molecule has 0 aromatic carbocycles. The van der Waals surface area contributed by atoms with Gasteiger partial charge in [-0.15, -0.1) is 23.1 Å². The van der Waals surface area contributed by atoms with Gasteiger partial charge in [0.05, 0.1) is 11.9 Å². The molecule has 2 N–H and O–H groups in total. The van der Waals surface area contributed by atoms with Gasteiger partial charge in [0.25, 0.3) is 0 Å². The lowest BCUT2D eigenvalue weighted by Gasteiger charge is -2.20. The van der Waals surface area contributed by atoms with E-state index in [0.717, 1.165) is 5.75 Å². The van der Waals surface area contributed by atoms with Gasteiger partial charge in [0.1, 0.15) is 6.04 Å².